The van der Waals surface area contributed by atoms with E-state index in [2.05, 4.69) is 10.5 Å². The fourth-order valence-electron chi connectivity index (χ4n) is 3.11. The summed E-state index contributed by atoms with van der Waals surface area (Å²) in [6, 6.07) is 10.1. The number of hydrazone groups is 1. The molecule has 25 heavy (non-hydrogen) atoms. The van der Waals surface area contributed by atoms with E-state index in [1.165, 1.54) is 63.5 Å². The molecule has 2 rings (SSSR count). The van der Waals surface area contributed by atoms with Crippen LogP contribution in [0.1, 0.15) is 77.6 Å². The second-order valence-electron chi connectivity index (χ2n) is 6.91. The number of carbonyl (C=O) groups is 1. The molecule has 0 aliphatic heterocycles. The van der Waals surface area contributed by atoms with Crippen molar-refractivity contribution in [1.29, 1.82) is 0 Å². The Hall–Kier alpha value is -1.29. The standard InChI is InChI=1S/C21H32N2OS/c1-18(25-20-16-12-9-13-17-20)21(24)23-22-19-14-10-7-5-3-2-4-6-8-11-15-19/h9,12-13,16-18H,2-8,10-11,14-15H2,1H3,(H,23,24). The smallest absolute Gasteiger partial charge is 0.253 e. The Morgan fingerprint density at radius 3 is 2.00 bits per heavy atom. The van der Waals surface area contributed by atoms with E-state index < -0.39 is 0 Å². The molecule has 3 nitrogen and oxygen atoms in total. The molecule has 1 saturated carbocycles. The van der Waals surface area contributed by atoms with E-state index in [0.717, 1.165) is 17.7 Å². The maximum atomic E-state index is 12.3. The summed E-state index contributed by atoms with van der Waals surface area (Å²) >= 11 is 1.58. The van der Waals surface area contributed by atoms with Crippen LogP contribution >= 0.6 is 11.8 Å². The molecule has 0 spiro atoms. The van der Waals surface area contributed by atoms with Gasteiger partial charge in [-0.2, -0.15) is 5.10 Å². The third-order valence-corrected chi connectivity index (χ3v) is 5.79. The lowest BCUT2D eigenvalue weighted by molar-refractivity contribution is -0.120. The molecule has 1 aromatic rings. The average Bonchev–Trinajstić information content (AvgIpc) is 2.62. The summed E-state index contributed by atoms with van der Waals surface area (Å²) in [5, 5.41) is 4.34. The average molecular weight is 361 g/mol. The zero-order valence-corrected chi connectivity index (χ0v) is 16.3. The fourth-order valence-corrected chi connectivity index (χ4v) is 4.00. The summed E-state index contributed by atoms with van der Waals surface area (Å²) in [7, 11) is 0. The molecule has 0 heterocycles. The highest BCUT2D eigenvalue weighted by atomic mass is 32.2. The molecule has 0 saturated heterocycles. The number of hydrogen-bond donors (Lipinski definition) is 1. The highest BCUT2D eigenvalue weighted by Crippen LogP contribution is 2.22. The van der Waals surface area contributed by atoms with E-state index in [9.17, 15) is 4.79 Å². The van der Waals surface area contributed by atoms with Crippen LogP contribution in [0.3, 0.4) is 0 Å². The van der Waals surface area contributed by atoms with Crippen LogP contribution in [-0.2, 0) is 4.79 Å². The number of hydrogen-bond acceptors (Lipinski definition) is 3. The van der Waals surface area contributed by atoms with Gasteiger partial charge in [0.25, 0.3) is 5.91 Å². The van der Waals surface area contributed by atoms with Crippen LogP contribution in [0, 0.1) is 0 Å². The predicted octanol–water partition coefficient (Wildman–Crippen LogP) is 5.94. The first-order chi connectivity index (χ1) is 12.3. The zero-order chi connectivity index (χ0) is 17.7. The first-order valence-corrected chi connectivity index (χ1v) is 10.7. The Morgan fingerprint density at radius 2 is 1.44 bits per heavy atom. The SMILES string of the molecule is CC(Sc1ccccc1)C(=O)NN=C1CCCCCCCCCCC1. The molecule has 1 fully saturated rings. The summed E-state index contributed by atoms with van der Waals surface area (Å²) in [6.45, 7) is 1.94. The van der Waals surface area contributed by atoms with Crippen molar-refractivity contribution in [3.8, 4) is 0 Å². The second-order valence-corrected chi connectivity index (χ2v) is 8.32. The van der Waals surface area contributed by atoms with E-state index in [4.69, 9.17) is 0 Å². The van der Waals surface area contributed by atoms with Crippen molar-refractivity contribution in [2.45, 2.75) is 87.7 Å². The van der Waals surface area contributed by atoms with E-state index in [0.29, 0.717) is 0 Å². The highest BCUT2D eigenvalue weighted by molar-refractivity contribution is 8.00. The molecule has 1 N–H and O–H groups in total. The van der Waals surface area contributed by atoms with Gasteiger partial charge in [-0.3, -0.25) is 4.79 Å². The normalized spacial score (nSPS) is 18.5. The Morgan fingerprint density at radius 1 is 0.920 bits per heavy atom. The minimum Gasteiger partial charge on any atom is -0.272 e. The van der Waals surface area contributed by atoms with Crippen molar-refractivity contribution in [2.75, 3.05) is 0 Å². The molecular formula is C21H32N2OS. The van der Waals surface area contributed by atoms with Crippen LogP contribution in [0.4, 0.5) is 0 Å². The summed E-state index contributed by atoms with van der Waals surface area (Å²) in [5.41, 5.74) is 3.98. The molecule has 4 heteroatoms. The maximum Gasteiger partial charge on any atom is 0.253 e. The van der Waals surface area contributed by atoms with Crippen LogP contribution in [0.15, 0.2) is 40.3 Å². The molecule has 0 aromatic heterocycles. The number of thioether (sulfide) groups is 1. The van der Waals surface area contributed by atoms with Gasteiger partial charge < -0.3 is 0 Å². The molecule has 1 amide bonds. The summed E-state index contributed by atoms with van der Waals surface area (Å²) in [5.74, 6) is -0.00697. The molecule has 1 aromatic carbocycles. The van der Waals surface area contributed by atoms with Gasteiger partial charge in [-0.25, -0.2) is 5.43 Å². The predicted molar refractivity (Wildman–Crippen MR) is 108 cm³/mol. The number of nitrogens with one attached hydrogen (secondary N) is 1. The third kappa shape index (κ3) is 8.57. The monoisotopic (exact) mass is 360 g/mol. The van der Waals surface area contributed by atoms with E-state index in [-0.39, 0.29) is 11.2 Å². The van der Waals surface area contributed by atoms with Crippen LogP contribution in [0.25, 0.3) is 0 Å². The van der Waals surface area contributed by atoms with Gasteiger partial charge in [0.2, 0.25) is 0 Å². The lowest BCUT2D eigenvalue weighted by Crippen LogP contribution is -2.28. The molecule has 1 aliphatic carbocycles. The minimum atomic E-state index is -0.141. The molecule has 1 atom stereocenters. The zero-order valence-electron chi connectivity index (χ0n) is 15.5. The van der Waals surface area contributed by atoms with Gasteiger partial charge in [0, 0.05) is 10.6 Å². The van der Waals surface area contributed by atoms with Crippen LogP contribution in [0.5, 0.6) is 0 Å². The maximum absolute atomic E-state index is 12.3. The Kier molecular flexibility index (Phi) is 9.71. The van der Waals surface area contributed by atoms with Crippen molar-refractivity contribution in [2.24, 2.45) is 5.10 Å². The van der Waals surface area contributed by atoms with Crippen LogP contribution < -0.4 is 5.43 Å². The minimum absolute atomic E-state index is 0.00697. The summed E-state index contributed by atoms with van der Waals surface area (Å²) < 4.78 is 0. The van der Waals surface area contributed by atoms with Crippen LogP contribution in [0.2, 0.25) is 0 Å². The Labute approximate surface area is 157 Å². The summed E-state index contributed by atoms with van der Waals surface area (Å²) in [6.07, 6.45) is 13.8. The van der Waals surface area contributed by atoms with Crippen LogP contribution in [-0.4, -0.2) is 16.9 Å². The fraction of sp³-hybridized carbons (Fsp3) is 0.619. The van der Waals surface area contributed by atoms with Gasteiger partial charge in [-0.15, -0.1) is 11.8 Å². The van der Waals surface area contributed by atoms with E-state index >= 15 is 0 Å². The van der Waals surface area contributed by atoms with E-state index in [1.807, 2.05) is 37.3 Å². The number of rotatable bonds is 4. The summed E-state index contributed by atoms with van der Waals surface area (Å²) in [4.78, 5) is 13.4. The van der Waals surface area contributed by atoms with Gasteiger partial charge in [0.15, 0.2) is 0 Å². The number of amides is 1. The molecular weight excluding hydrogens is 328 g/mol. The third-order valence-electron chi connectivity index (χ3n) is 4.68. The quantitative estimate of drug-likeness (QED) is 0.533. The first-order valence-electron chi connectivity index (χ1n) is 9.82. The first kappa shape index (κ1) is 20.0. The van der Waals surface area contributed by atoms with Gasteiger partial charge in [0.1, 0.15) is 0 Å². The van der Waals surface area contributed by atoms with Gasteiger partial charge >= 0.3 is 0 Å². The highest BCUT2D eigenvalue weighted by Gasteiger charge is 2.14. The lowest BCUT2D eigenvalue weighted by atomic mass is 10.00. The largest absolute Gasteiger partial charge is 0.272 e. The van der Waals surface area contributed by atoms with Gasteiger partial charge in [-0.1, -0.05) is 63.1 Å². The second kappa shape index (κ2) is 12.1. The molecule has 0 radical (unpaired) electrons. The Bertz CT molecular complexity index is 516. The van der Waals surface area contributed by atoms with Crippen molar-refractivity contribution in [3.63, 3.8) is 0 Å². The molecule has 138 valence electrons. The van der Waals surface area contributed by atoms with Crippen molar-refractivity contribution in [1.82, 2.24) is 5.43 Å². The lowest BCUT2D eigenvalue weighted by Gasteiger charge is -2.12. The number of benzene rings is 1. The van der Waals surface area contributed by atoms with Gasteiger partial charge in [-0.05, 0) is 44.7 Å². The molecule has 1 aliphatic rings. The van der Waals surface area contributed by atoms with E-state index in [1.54, 1.807) is 11.8 Å². The van der Waals surface area contributed by atoms with Crippen molar-refractivity contribution in [3.05, 3.63) is 30.3 Å². The number of carbonyl (C=O) groups excluding carboxylic acids is 1. The molecule has 0 bridgehead atoms. The Balaban J connectivity index is 1.82. The van der Waals surface area contributed by atoms with Crippen molar-refractivity contribution >= 4 is 23.4 Å². The topological polar surface area (TPSA) is 41.5 Å². The van der Waals surface area contributed by atoms with Gasteiger partial charge in [0.05, 0.1) is 5.25 Å². The molecule has 1 unspecified atom stereocenters. The number of nitrogens with zero attached hydrogens (tertiary/aromatic N) is 1. The van der Waals surface area contributed by atoms with Crippen molar-refractivity contribution < 1.29 is 4.79 Å².